The van der Waals surface area contributed by atoms with Crippen LogP contribution in [0, 0.1) is 0 Å². The van der Waals surface area contributed by atoms with Crippen LogP contribution in [0.1, 0.15) is 56.4 Å². The normalized spacial score (nSPS) is 13.1. The van der Waals surface area contributed by atoms with Crippen molar-refractivity contribution >= 4 is 29.3 Å². The third kappa shape index (κ3) is 3.88. The molecular weight excluding hydrogens is 364 g/mol. The predicted molar refractivity (Wildman–Crippen MR) is 104 cm³/mol. The summed E-state index contributed by atoms with van der Waals surface area (Å²) in [5, 5.41) is 0.613. The van der Waals surface area contributed by atoms with Gasteiger partial charge in [0, 0.05) is 30.7 Å². The average Bonchev–Trinajstić information content (AvgIpc) is 2.89. The van der Waals surface area contributed by atoms with Crippen LogP contribution in [0.5, 0.6) is 0 Å². The summed E-state index contributed by atoms with van der Waals surface area (Å²) in [4.78, 5) is 40.5. The van der Waals surface area contributed by atoms with Crippen LogP contribution in [0.3, 0.4) is 0 Å². The van der Waals surface area contributed by atoms with Crippen molar-refractivity contribution in [3.05, 3.63) is 69.7 Å². The van der Waals surface area contributed by atoms with Gasteiger partial charge in [0.25, 0.3) is 17.7 Å². The number of halogens is 1. The van der Waals surface area contributed by atoms with Crippen molar-refractivity contribution in [2.75, 3.05) is 13.6 Å². The number of rotatable bonds is 6. The summed E-state index contributed by atoms with van der Waals surface area (Å²) in [5.41, 5.74) is 1.97. The molecule has 3 rings (SSSR count). The largest absolute Gasteiger partial charge is 0.337 e. The second-order valence-corrected chi connectivity index (χ2v) is 7.10. The van der Waals surface area contributed by atoms with Gasteiger partial charge in [-0.1, -0.05) is 37.1 Å². The number of fused-ring (bicyclic) bond motifs is 1. The molecule has 1 aliphatic heterocycles. The van der Waals surface area contributed by atoms with E-state index in [0.717, 1.165) is 18.4 Å². The summed E-state index contributed by atoms with van der Waals surface area (Å²) in [6.45, 7) is 2.80. The third-order valence-corrected chi connectivity index (χ3v) is 4.84. The topological polar surface area (TPSA) is 57.7 Å². The molecule has 2 aromatic carbocycles. The molecule has 0 bridgehead atoms. The molecule has 1 heterocycles. The Morgan fingerprint density at radius 2 is 1.81 bits per heavy atom. The Morgan fingerprint density at radius 1 is 1.07 bits per heavy atom. The molecule has 3 amide bonds. The van der Waals surface area contributed by atoms with Crippen LogP contribution in [-0.4, -0.2) is 41.1 Å². The Labute approximate surface area is 163 Å². The maximum Gasteiger partial charge on any atom is 0.261 e. The molecule has 0 fully saturated rings. The van der Waals surface area contributed by atoms with Crippen LogP contribution >= 0.6 is 11.6 Å². The quantitative estimate of drug-likeness (QED) is 0.707. The molecule has 0 spiro atoms. The molecule has 0 saturated heterocycles. The van der Waals surface area contributed by atoms with Gasteiger partial charge < -0.3 is 4.90 Å². The smallest absolute Gasteiger partial charge is 0.261 e. The van der Waals surface area contributed by atoms with E-state index < -0.39 is 0 Å². The number of benzene rings is 2. The van der Waals surface area contributed by atoms with E-state index in [1.165, 1.54) is 11.0 Å². The summed E-state index contributed by atoms with van der Waals surface area (Å²) in [7, 11) is 1.69. The van der Waals surface area contributed by atoms with Gasteiger partial charge in [-0.2, -0.15) is 0 Å². The molecule has 2 aromatic rings. The van der Waals surface area contributed by atoms with Crippen LogP contribution < -0.4 is 0 Å². The lowest BCUT2D eigenvalue weighted by molar-refractivity contribution is 0.0652. The predicted octanol–water partition coefficient (Wildman–Crippen LogP) is 4.01. The van der Waals surface area contributed by atoms with E-state index in [4.69, 9.17) is 11.6 Å². The minimum atomic E-state index is -0.324. The number of amides is 3. The fourth-order valence-electron chi connectivity index (χ4n) is 3.14. The lowest BCUT2D eigenvalue weighted by Gasteiger charge is -2.17. The zero-order valence-electron chi connectivity index (χ0n) is 15.4. The molecule has 6 heteroatoms. The van der Waals surface area contributed by atoms with Crippen molar-refractivity contribution in [3.8, 4) is 0 Å². The maximum absolute atomic E-state index is 12.8. The molecule has 0 radical (unpaired) electrons. The molecule has 0 atom stereocenters. The van der Waals surface area contributed by atoms with E-state index in [-0.39, 0.29) is 17.7 Å². The first-order valence-electron chi connectivity index (χ1n) is 8.92. The van der Waals surface area contributed by atoms with Gasteiger partial charge in [-0.25, -0.2) is 0 Å². The van der Waals surface area contributed by atoms with Crippen LogP contribution in [0.25, 0.3) is 0 Å². The van der Waals surface area contributed by atoms with Gasteiger partial charge in [0.05, 0.1) is 11.1 Å². The van der Waals surface area contributed by atoms with Gasteiger partial charge >= 0.3 is 0 Å². The Bertz CT molecular complexity index is 910. The monoisotopic (exact) mass is 384 g/mol. The number of nitrogens with zero attached hydrogens (tertiary/aromatic N) is 2. The van der Waals surface area contributed by atoms with Crippen molar-refractivity contribution in [1.29, 1.82) is 0 Å². The molecule has 0 unspecified atom stereocenters. The Morgan fingerprint density at radius 3 is 2.52 bits per heavy atom. The van der Waals surface area contributed by atoms with E-state index >= 15 is 0 Å². The SMILES string of the molecule is CCCCN1C(=O)c2ccc(C(=O)N(C)Cc3cccc(Cl)c3)cc2C1=O. The van der Waals surface area contributed by atoms with Gasteiger partial charge in [-0.15, -0.1) is 0 Å². The molecule has 1 aliphatic rings. The van der Waals surface area contributed by atoms with Gasteiger partial charge in [0.15, 0.2) is 0 Å². The van der Waals surface area contributed by atoms with Crippen molar-refractivity contribution < 1.29 is 14.4 Å². The summed E-state index contributed by atoms with van der Waals surface area (Å²) in [6, 6.07) is 12.0. The maximum atomic E-state index is 12.8. The number of hydrogen-bond donors (Lipinski definition) is 0. The van der Waals surface area contributed by atoms with Gasteiger partial charge in [0.2, 0.25) is 0 Å². The second kappa shape index (κ2) is 7.92. The third-order valence-electron chi connectivity index (χ3n) is 4.61. The minimum Gasteiger partial charge on any atom is -0.337 e. The van der Waals surface area contributed by atoms with E-state index in [1.54, 1.807) is 30.1 Å². The van der Waals surface area contributed by atoms with E-state index in [2.05, 4.69) is 0 Å². The Balaban J connectivity index is 1.79. The number of hydrogen-bond acceptors (Lipinski definition) is 3. The van der Waals surface area contributed by atoms with Crippen LogP contribution in [0.4, 0.5) is 0 Å². The number of unbranched alkanes of at least 4 members (excludes halogenated alkanes) is 1. The molecule has 27 heavy (non-hydrogen) atoms. The van der Waals surface area contributed by atoms with E-state index in [9.17, 15) is 14.4 Å². The highest BCUT2D eigenvalue weighted by Crippen LogP contribution is 2.25. The van der Waals surface area contributed by atoms with Crippen LogP contribution in [0.15, 0.2) is 42.5 Å². The summed E-state index contributed by atoms with van der Waals surface area (Å²) in [6.07, 6.45) is 1.66. The summed E-state index contributed by atoms with van der Waals surface area (Å²) >= 11 is 5.99. The van der Waals surface area contributed by atoms with Crippen LogP contribution in [-0.2, 0) is 6.54 Å². The van der Waals surface area contributed by atoms with Crippen molar-refractivity contribution in [3.63, 3.8) is 0 Å². The fourth-order valence-corrected chi connectivity index (χ4v) is 3.36. The first-order valence-corrected chi connectivity index (χ1v) is 9.30. The van der Waals surface area contributed by atoms with Gasteiger partial charge in [-0.05, 0) is 42.3 Å². The average molecular weight is 385 g/mol. The minimum absolute atomic E-state index is 0.218. The zero-order chi connectivity index (χ0) is 19.6. The van der Waals surface area contributed by atoms with Gasteiger partial charge in [0.1, 0.15) is 0 Å². The van der Waals surface area contributed by atoms with Gasteiger partial charge in [-0.3, -0.25) is 19.3 Å². The number of carbonyl (C=O) groups excluding carboxylic acids is 3. The highest BCUT2D eigenvalue weighted by atomic mass is 35.5. The first kappa shape index (κ1) is 19.1. The van der Waals surface area contributed by atoms with Crippen LogP contribution in [0.2, 0.25) is 5.02 Å². The summed E-state index contributed by atoms with van der Waals surface area (Å²) < 4.78 is 0. The second-order valence-electron chi connectivity index (χ2n) is 6.67. The molecule has 0 aliphatic carbocycles. The van der Waals surface area contributed by atoms with E-state index in [1.807, 2.05) is 25.1 Å². The summed E-state index contributed by atoms with van der Waals surface area (Å²) in [5.74, 6) is -0.824. The lowest BCUT2D eigenvalue weighted by atomic mass is 10.0. The highest BCUT2D eigenvalue weighted by Gasteiger charge is 2.35. The lowest BCUT2D eigenvalue weighted by Crippen LogP contribution is -2.30. The molecule has 140 valence electrons. The molecule has 0 saturated carbocycles. The number of imide groups is 1. The van der Waals surface area contributed by atoms with Crippen molar-refractivity contribution in [1.82, 2.24) is 9.80 Å². The molecule has 0 aromatic heterocycles. The standard InChI is InChI=1S/C21H21ClN2O3/c1-3-4-10-24-20(26)17-9-8-15(12-18(17)21(24)27)19(25)23(2)13-14-6-5-7-16(22)11-14/h5-9,11-12H,3-4,10,13H2,1-2H3. The fraction of sp³-hybridized carbons (Fsp3) is 0.286. The number of carbonyl (C=O) groups is 3. The molecular formula is C21H21ClN2O3. The van der Waals surface area contributed by atoms with E-state index in [0.29, 0.717) is 34.8 Å². The van der Waals surface area contributed by atoms with Crippen molar-refractivity contribution in [2.24, 2.45) is 0 Å². The first-order chi connectivity index (χ1) is 12.9. The van der Waals surface area contributed by atoms with Crippen molar-refractivity contribution in [2.45, 2.75) is 26.3 Å². The molecule has 0 N–H and O–H groups in total. The highest BCUT2D eigenvalue weighted by molar-refractivity contribution is 6.30. The molecule has 5 nitrogen and oxygen atoms in total. The Kier molecular flexibility index (Phi) is 5.61. The zero-order valence-corrected chi connectivity index (χ0v) is 16.1. The Hall–Kier alpha value is -2.66.